The number of anilines is 1. The average Bonchev–Trinajstić information content (AvgIpc) is 3.16. The molecule has 142 valence electrons. The summed E-state index contributed by atoms with van der Waals surface area (Å²) in [5.41, 5.74) is 6.14. The number of piperidine rings is 1. The molecule has 0 radical (unpaired) electrons. The van der Waals surface area contributed by atoms with Crippen LogP contribution < -0.4 is 4.90 Å². The fourth-order valence-electron chi connectivity index (χ4n) is 3.86. The van der Waals surface area contributed by atoms with Gasteiger partial charge in [-0.1, -0.05) is 30.3 Å². The van der Waals surface area contributed by atoms with Gasteiger partial charge in [0, 0.05) is 31.3 Å². The second-order valence-electron chi connectivity index (χ2n) is 7.22. The smallest absolute Gasteiger partial charge is 0.0719 e. The average molecular weight is 364 g/mol. The highest BCUT2D eigenvalue weighted by molar-refractivity contribution is 5.96. The highest BCUT2D eigenvalue weighted by Gasteiger charge is 2.17. The summed E-state index contributed by atoms with van der Waals surface area (Å²) < 4.78 is 10.9. The Morgan fingerprint density at radius 2 is 1.78 bits per heavy atom. The molecule has 1 fully saturated rings. The summed E-state index contributed by atoms with van der Waals surface area (Å²) in [4.78, 5) is 6.20. The highest BCUT2D eigenvalue weighted by Crippen LogP contribution is 2.33. The van der Waals surface area contributed by atoms with Crippen molar-refractivity contribution in [1.82, 2.24) is 4.98 Å². The van der Waals surface area contributed by atoms with Crippen molar-refractivity contribution >= 4 is 16.6 Å². The zero-order valence-electron chi connectivity index (χ0n) is 16.0. The van der Waals surface area contributed by atoms with E-state index in [9.17, 15) is 0 Å². The molecule has 4 nitrogen and oxygen atoms in total. The van der Waals surface area contributed by atoms with Gasteiger partial charge in [0.2, 0.25) is 0 Å². The van der Waals surface area contributed by atoms with Crippen molar-refractivity contribution in [2.45, 2.75) is 25.9 Å². The van der Waals surface area contributed by atoms with Gasteiger partial charge in [-0.2, -0.15) is 0 Å². The van der Waals surface area contributed by atoms with Crippen LogP contribution >= 0.6 is 0 Å². The van der Waals surface area contributed by atoms with Gasteiger partial charge in [0.05, 0.1) is 31.0 Å². The van der Waals surface area contributed by atoms with Crippen LogP contribution in [0.1, 0.15) is 24.8 Å². The maximum Gasteiger partial charge on any atom is 0.0719 e. The van der Waals surface area contributed by atoms with Gasteiger partial charge in [-0.3, -0.25) is 0 Å². The molecular formula is C23H28N2O2. The maximum absolute atomic E-state index is 5.79. The summed E-state index contributed by atoms with van der Waals surface area (Å²) >= 11 is 0. The number of benzene rings is 2. The number of methoxy groups -OCH3 is 1. The Balaban J connectivity index is 1.70. The lowest BCUT2D eigenvalue weighted by Crippen LogP contribution is -2.29. The molecule has 0 unspecified atom stereocenters. The number of nitrogens with one attached hydrogen (secondary N) is 1. The van der Waals surface area contributed by atoms with Gasteiger partial charge >= 0.3 is 0 Å². The second kappa shape index (κ2) is 8.59. The third-order valence-corrected chi connectivity index (χ3v) is 5.25. The van der Waals surface area contributed by atoms with Crippen LogP contribution in [0.3, 0.4) is 0 Å². The minimum atomic E-state index is 0.617. The molecule has 0 saturated carbocycles. The van der Waals surface area contributed by atoms with Crippen LogP contribution in [0.5, 0.6) is 0 Å². The van der Waals surface area contributed by atoms with Crippen LogP contribution in [0.15, 0.2) is 48.5 Å². The molecule has 0 aliphatic carbocycles. The first kappa shape index (κ1) is 18.1. The third kappa shape index (κ3) is 4.18. The van der Waals surface area contributed by atoms with Gasteiger partial charge in [-0.25, -0.2) is 0 Å². The largest absolute Gasteiger partial charge is 0.382 e. The van der Waals surface area contributed by atoms with Gasteiger partial charge in [0.25, 0.3) is 0 Å². The minimum absolute atomic E-state index is 0.617. The first-order valence-corrected chi connectivity index (χ1v) is 9.88. The molecule has 1 saturated heterocycles. The van der Waals surface area contributed by atoms with Crippen LogP contribution in [0.25, 0.3) is 22.2 Å². The summed E-state index contributed by atoms with van der Waals surface area (Å²) in [5, 5.41) is 1.25. The van der Waals surface area contributed by atoms with Crippen molar-refractivity contribution in [3.8, 4) is 11.3 Å². The van der Waals surface area contributed by atoms with Crippen LogP contribution in [0, 0.1) is 0 Å². The molecule has 1 aromatic heterocycles. The lowest BCUT2D eigenvalue weighted by molar-refractivity contribution is 0.0617. The molecule has 0 bridgehead atoms. The number of fused-ring (bicyclic) bond motifs is 1. The molecule has 2 aromatic carbocycles. The molecular weight excluding hydrogens is 336 g/mol. The van der Waals surface area contributed by atoms with E-state index in [1.165, 1.54) is 52.7 Å². The quantitative estimate of drug-likeness (QED) is 0.600. The van der Waals surface area contributed by atoms with Crippen molar-refractivity contribution in [3.63, 3.8) is 0 Å². The minimum Gasteiger partial charge on any atom is -0.382 e. The van der Waals surface area contributed by atoms with E-state index in [-0.39, 0.29) is 0 Å². The monoisotopic (exact) mass is 364 g/mol. The van der Waals surface area contributed by atoms with E-state index in [0.717, 1.165) is 13.1 Å². The van der Waals surface area contributed by atoms with E-state index in [1.54, 1.807) is 7.11 Å². The molecule has 1 aliphatic rings. The molecule has 0 atom stereocenters. The molecule has 0 amide bonds. The van der Waals surface area contributed by atoms with E-state index in [0.29, 0.717) is 19.8 Å². The van der Waals surface area contributed by atoms with E-state index < -0.39 is 0 Å². The number of hydrogen-bond acceptors (Lipinski definition) is 3. The van der Waals surface area contributed by atoms with Crippen molar-refractivity contribution in [3.05, 3.63) is 54.1 Å². The van der Waals surface area contributed by atoms with Crippen LogP contribution in [0.2, 0.25) is 0 Å². The van der Waals surface area contributed by atoms with Crippen molar-refractivity contribution < 1.29 is 9.47 Å². The Morgan fingerprint density at radius 1 is 0.963 bits per heavy atom. The first-order valence-electron chi connectivity index (χ1n) is 9.88. The number of hydrogen-bond donors (Lipinski definition) is 1. The summed E-state index contributed by atoms with van der Waals surface area (Å²) in [6.07, 6.45) is 3.87. The van der Waals surface area contributed by atoms with Gasteiger partial charge in [0.15, 0.2) is 0 Å². The number of ether oxygens (including phenoxy) is 2. The zero-order chi connectivity index (χ0) is 18.5. The summed E-state index contributed by atoms with van der Waals surface area (Å²) in [6, 6.07) is 17.3. The predicted octanol–water partition coefficient (Wildman–Crippen LogP) is 4.99. The Hall–Kier alpha value is -2.30. The van der Waals surface area contributed by atoms with Crippen molar-refractivity contribution in [2.75, 3.05) is 38.3 Å². The van der Waals surface area contributed by atoms with Crippen LogP contribution in [-0.2, 0) is 16.1 Å². The molecule has 2 heterocycles. The molecule has 1 N–H and O–H groups in total. The number of aromatic amines is 1. The topological polar surface area (TPSA) is 37.5 Å². The normalized spacial score (nSPS) is 14.8. The molecule has 3 aromatic rings. The Labute approximate surface area is 161 Å². The summed E-state index contributed by atoms with van der Waals surface area (Å²) in [5.74, 6) is 0. The van der Waals surface area contributed by atoms with E-state index in [1.807, 2.05) is 0 Å². The first-order chi connectivity index (χ1) is 13.3. The lowest BCUT2D eigenvalue weighted by atomic mass is 10.1. The standard InChI is InChI=1S/C23H28N2O2/c1-26-12-13-27-17-18-14-20-16-21(19-8-4-2-5-9-19)24-23(20)22(15-18)25-10-6-3-7-11-25/h2,4-5,8-9,14-16,24H,3,6-7,10-13,17H2,1H3. The van der Waals surface area contributed by atoms with Gasteiger partial charge in [0.1, 0.15) is 0 Å². The Bertz CT molecular complexity index is 867. The van der Waals surface area contributed by atoms with Crippen molar-refractivity contribution in [1.29, 1.82) is 0 Å². The Morgan fingerprint density at radius 3 is 2.56 bits per heavy atom. The number of H-pyrrole nitrogens is 1. The van der Waals surface area contributed by atoms with E-state index in [2.05, 4.69) is 58.4 Å². The zero-order valence-corrected chi connectivity index (χ0v) is 16.0. The van der Waals surface area contributed by atoms with E-state index >= 15 is 0 Å². The predicted molar refractivity (Wildman–Crippen MR) is 111 cm³/mol. The molecule has 4 rings (SSSR count). The number of aromatic nitrogens is 1. The second-order valence-corrected chi connectivity index (χ2v) is 7.22. The summed E-state index contributed by atoms with van der Waals surface area (Å²) in [6.45, 7) is 4.12. The third-order valence-electron chi connectivity index (χ3n) is 5.25. The summed E-state index contributed by atoms with van der Waals surface area (Å²) in [7, 11) is 1.70. The van der Waals surface area contributed by atoms with E-state index in [4.69, 9.17) is 9.47 Å². The molecule has 1 aliphatic heterocycles. The number of nitrogens with zero attached hydrogens (tertiary/aromatic N) is 1. The molecule has 27 heavy (non-hydrogen) atoms. The lowest BCUT2D eigenvalue weighted by Gasteiger charge is -2.29. The SMILES string of the molecule is COCCOCc1cc(N2CCCCC2)c2[nH]c(-c3ccccc3)cc2c1. The van der Waals surface area contributed by atoms with Gasteiger partial charge < -0.3 is 19.4 Å². The number of rotatable bonds is 7. The Kier molecular flexibility index (Phi) is 5.75. The van der Waals surface area contributed by atoms with Crippen LogP contribution in [0.4, 0.5) is 5.69 Å². The molecule has 0 spiro atoms. The maximum atomic E-state index is 5.79. The fourth-order valence-corrected chi connectivity index (χ4v) is 3.86. The molecule has 4 heteroatoms. The fraction of sp³-hybridized carbons (Fsp3) is 0.391. The van der Waals surface area contributed by atoms with Gasteiger partial charge in [-0.15, -0.1) is 0 Å². The van der Waals surface area contributed by atoms with Crippen LogP contribution in [-0.4, -0.2) is 38.4 Å². The highest BCUT2D eigenvalue weighted by atomic mass is 16.5. The van der Waals surface area contributed by atoms with Crippen molar-refractivity contribution in [2.24, 2.45) is 0 Å². The van der Waals surface area contributed by atoms with Gasteiger partial charge in [-0.05, 0) is 48.6 Å².